The minimum Gasteiger partial charge on any atom is -0.508 e. The summed E-state index contributed by atoms with van der Waals surface area (Å²) in [5.74, 6) is 0.222. The van der Waals surface area contributed by atoms with Crippen LogP contribution in [0.25, 0.3) is 0 Å². The fourth-order valence-electron chi connectivity index (χ4n) is 2.46. The number of aliphatic hydroxyl groups is 1. The van der Waals surface area contributed by atoms with E-state index in [1.54, 1.807) is 5.06 Å². The Kier molecular flexibility index (Phi) is 3.60. The van der Waals surface area contributed by atoms with Gasteiger partial charge in [-0.05, 0) is 32.4 Å². The molecule has 2 rings (SSSR count). The van der Waals surface area contributed by atoms with Crippen LogP contribution in [-0.2, 0) is 0 Å². The van der Waals surface area contributed by atoms with Gasteiger partial charge < -0.3 is 20.2 Å². The molecule has 1 aromatic carbocycles. The molecule has 1 aliphatic rings. The first-order chi connectivity index (χ1) is 9.16. The molecule has 1 heterocycles. The number of hydrogen-bond acceptors (Lipinski definition) is 5. The highest BCUT2D eigenvalue weighted by Crippen LogP contribution is 2.44. The maximum absolute atomic E-state index is 10.2. The van der Waals surface area contributed by atoms with Crippen molar-refractivity contribution < 1.29 is 20.2 Å². The number of rotatable bonds is 2. The molecule has 0 radical (unpaired) electrons. The van der Waals surface area contributed by atoms with Crippen molar-refractivity contribution >= 4 is 0 Å². The first kappa shape index (κ1) is 14.9. The van der Waals surface area contributed by atoms with Crippen molar-refractivity contribution in [2.24, 2.45) is 5.41 Å². The summed E-state index contributed by atoms with van der Waals surface area (Å²) >= 11 is 0. The van der Waals surface area contributed by atoms with Gasteiger partial charge in [0.15, 0.2) is 11.5 Å². The highest BCUT2D eigenvalue weighted by Gasteiger charge is 2.51. The second-order valence-electron chi connectivity index (χ2n) is 6.43. The SMILES string of the molecule is CC1(C)C(O)CCN(Oc2cc(O)ccc2O)C1(C)C. The van der Waals surface area contributed by atoms with Gasteiger partial charge in [0.25, 0.3) is 0 Å². The highest BCUT2D eigenvalue weighted by molar-refractivity contribution is 5.43. The Labute approximate surface area is 119 Å². The van der Waals surface area contributed by atoms with Crippen molar-refractivity contribution in [2.45, 2.75) is 45.8 Å². The summed E-state index contributed by atoms with van der Waals surface area (Å²) in [4.78, 5) is 5.78. The maximum Gasteiger partial charge on any atom is 0.192 e. The number of hydroxylamine groups is 2. The summed E-state index contributed by atoms with van der Waals surface area (Å²) in [6, 6.07) is 4.17. The molecule has 0 saturated carbocycles. The van der Waals surface area contributed by atoms with Crippen molar-refractivity contribution in [1.82, 2.24) is 5.06 Å². The third-order valence-electron chi connectivity index (χ3n) is 4.79. The van der Waals surface area contributed by atoms with Gasteiger partial charge in [-0.15, -0.1) is 5.06 Å². The number of nitrogens with zero attached hydrogens (tertiary/aromatic N) is 1. The Hall–Kier alpha value is -1.46. The first-order valence-electron chi connectivity index (χ1n) is 6.82. The van der Waals surface area contributed by atoms with Gasteiger partial charge >= 0.3 is 0 Å². The predicted octanol–water partition coefficient (Wildman–Crippen LogP) is 2.26. The Balaban J connectivity index is 2.27. The Bertz CT molecular complexity index is 499. The molecular weight excluding hydrogens is 258 g/mol. The van der Waals surface area contributed by atoms with Gasteiger partial charge in [0.1, 0.15) is 5.75 Å². The Morgan fingerprint density at radius 1 is 1.20 bits per heavy atom. The fraction of sp³-hybridized carbons (Fsp3) is 0.600. The number of aliphatic hydroxyl groups excluding tert-OH is 1. The molecular formula is C15H23NO4. The topological polar surface area (TPSA) is 73.2 Å². The predicted molar refractivity (Wildman–Crippen MR) is 75.6 cm³/mol. The number of aromatic hydroxyl groups is 2. The van der Waals surface area contributed by atoms with Gasteiger partial charge in [-0.2, -0.15) is 0 Å². The number of benzene rings is 1. The smallest absolute Gasteiger partial charge is 0.192 e. The van der Waals surface area contributed by atoms with Gasteiger partial charge in [0, 0.05) is 18.0 Å². The molecule has 0 aromatic heterocycles. The summed E-state index contributed by atoms with van der Waals surface area (Å²) in [6.45, 7) is 8.53. The molecule has 0 amide bonds. The Morgan fingerprint density at radius 2 is 1.85 bits per heavy atom. The minimum atomic E-state index is -0.428. The van der Waals surface area contributed by atoms with Crippen molar-refractivity contribution in [3.63, 3.8) is 0 Å². The lowest BCUT2D eigenvalue weighted by Crippen LogP contribution is -2.63. The summed E-state index contributed by atoms with van der Waals surface area (Å²) in [5.41, 5.74) is -0.791. The van der Waals surface area contributed by atoms with Crippen LogP contribution in [0.5, 0.6) is 17.2 Å². The molecule has 1 fully saturated rings. The zero-order valence-electron chi connectivity index (χ0n) is 12.4. The van der Waals surface area contributed by atoms with Gasteiger partial charge in [0.05, 0.1) is 11.6 Å². The number of hydrogen-bond donors (Lipinski definition) is 3. The second-order valence-corrected chi connectivity index (χ2v) is 6.43. The van der Waals surface area contributed by atoms with Gasteiger partial charge in [0.2, 0.25) is 0 Å². The molecule has 5 heteroatoms. The number of piperidine rings is 1. The van der Waals surface area contributed by atoms with Crippen LogP contribution in [-0.4, -0.2) is 38.6 Å². The molecule has 3 N–H and O–H groups in total. The van der Waals surface area contributed by atoms with Crippen LogP contribution >= 0.6 is 0 Å². The third-order valence-corrected chi connectivity index (χ3v) is 4.79. The van der Waals surface area contributed by atoms with Crippen LogP contribution in [0, 0.1) is 5.41 Å². The molecule has 5 nitrogen and oxygen atoms in total. The fourth-order valence-corrected chi connectivity index (χ4v) is 2.46. The van der Waals surface area contributed by atoms with Crippen LogP contribution in [0.3, 0.4) is 0 Å². The van der Waals surface area contributed by atoms with E-state index in [1.807, 2.05) is 27.7 Å². The second kappa shape index (κ2) is 4.82. The molecule has 0 bridgehead atoms. The van der Waals surface area contributed by atoms with Crippen LogP contribution in [0.2, 0.25) is 0 Å². The average Bonchev–Trinajstić information content (AvgIpc) is 2.35. The standard InChI is InChI=1S/C15H23NO4/c1-14(2)13(19)7-8-16(15(14,3)4)20-12-9-10(17)5-6-11(12)18/h5-6,9,13,17-19H,7-8H2,1-4H3. The van der Waals surface area contributed by atoms with Crippen molar-refractivity contribution in [2.75, 3.05) is 6.54 Å². The summed E-state index contributed by atoms with van der Waals surface area (Å²) < 4.78 is 0. The number of phenolic OH excluding ortho intramolecular Hbond substituents is 2. The van der Waals surface area contributed by atoms with E-state index in [2.05, 4.69) is 0 Å². The van der Waals surface area contributed by atoms with Gasteiger partial charge in [-0.3, -0.25) is 0 Å². The maximum atomic E-state index is 10.2. The molecule has 1 aromatic rings. The lowest BCUT2D eigenvalue weighted by Gasteiger charge is -2.54. The van der Waals surface area contributed by atoms with E-state index in [4.69, 9.17) is 4.84 Å². The largest absolute Gasteiger partial charge is 0.508 e. The molecule has 20 heavy (non-hydrogen) atoms. The molecule has 1 atom stereocenters. The van der Waals surface area contributed by atoms with E-state index in [0.29, 0.717) is 13.0 Å². The normalized spacial score (nSPS) is 25.4. The Morgan fingerprint density at radius 3 is 2.50 bits per heavy atom. The molecule has 1 aliphatic heterocycles. The van der Waals surface area contributed by atoms with Gasteiger partial charge in [-0.25, -0.2) is 0 Å². The lowest BCUT2D eigenvalue weighted by molar-refractivity contribution is -0.226. The summed E-state index contributed by atoms with van der Waals surface area (Å²) in [6.07, 6.45) is 0.186. The highest BCUT2D eigenvalue weighted by atomic mass is 16.7. The van der Waals surface area contributed by atoms with E-state index in [-0.39, 0.29) is 22.7 Å². The minimum absolute atomic E-state index is 0.0254. The molecule has 0 spiro atoms. The zero-order chi connectivity index (χ0) is 15.1. The van der Waals surface area contributed by atoms with E-state index in [9.17, 15) is 15.3 Å². The van der Waals surface area contributed by atoms with Crippen molar-refractivity contribution in [1.29, 1.82) is 0 Å². The quantitative estimate of drug-likeness (QED) is 0.725. The molecule has 0 aliphatic carbocycles. The zero-order valence-corrected chi connectivity index (χ0v) is 12.4. The monoisotopic (exact) mass is 281 g/mol. The van der Waals surface area contributed by atoms with Crippen molar-refractivity contribution in [3.05, 3.63) is 18.2 Å². The number of phenols is 2. The van der Waals surface area contributed by atoms with Crippen LogP contribution < -0.4 is 4.84 Å². The van der Waals surface area contributed by atoms with E-state index in [0.717, 1.165) is 0 Å². The third kappa shape index (κ3) is 2.31. The lowest BCUT2D eigenvalue weighted by atomic mass is 9.67. The summed E-state index contributed by atoms with van der Waals surface area (Å²) in [5, 5.41) is 31.2. The van der Waals surface area contributed by atoms with Crippen LogP contribution in [0.1, 0.15) is 34.1 Å². The molecule has 1 unspecified atom stereocenters. The summed E-state index contributed by atoms with van der Waals surface area (Å²) in [7, 11) is 0. The first-order valence-corrected chi connectivity index (χ1v) is 6.82. The van der Waals surface area contributed by atoms with E-state index < -0.39 is 11.6 Å². The molecule has 1 saturated heterocycles. The van der Waals surface area contributed by atoms with Crippen LogP contribution in [0.4, 0.5) is 0 Å². The van der Waals surface area contributed by atoms with E-state index >= 15 is 0 Å². The average molecular weight is 281 g/mol. The van der Waals surface area contributed by atoms with Crippen LogP contribution in [0.15, 0.2) is 18.2 Å². The molecule has 112 valence electrons. The van der Waals surface area contributed by atoms with E-state index in [1.165, 1.54) is 18.2 Å². The van der Waals surface area contributed by atoms with Gasteiger partial charge in [-0.1, -0.05) is 13.8 Å². The van der Waals surface area contributed by atoms with Crippen molar-refractivity contribution in [3.8, 4) is 17.2 Å².